The fourth-order valence-electron chi connectivity index (χ4n) is 2.63. The highest BCUT2D eigenvalue weighted by Crippen LogP contribution is 2.34. The molecule has 28 heavy (non-hydrogen) atoms. The molecule has 1 aliphatic heterocycles. The Balaban J connectivity index is 1.91. The third-order valence-corrected chi connectivity index (χ3v) is 5.46. The summed E-state index contributed by atoms with van der Waals surface area (Å²) >= 11 is 6.39. The molecule has 1 aliphatic rings. The zero-order valence-corrected chi connectivity index (χ0v) is 17.0. The molecule has 1 saturated heterocycles. The van der Waals surface area contributed by atoms with Gasteiger partial charge in [0.1, 0.15) is 16.1 Å². The van der Waals surface area contributed by atoms with Crippen molar-refractivity contribution in [2.45, 2.75) is 38.6 Å². The number of thiocarbonyl (C=S) groups is 1. The van der Waals surface area contributed by atoms with Crippen LogP contribution in [0, 0.1) is 0 Å². The van der Waals surface area contributed by atoms with Crippen molar-refractivity contribution in [2.24, 2.45) is 0 Å². The number of carboxylic acids is 1. The first-order valence-electron chi connectivity index (χ1n) is 8.85. The number of phenolic OH excluding ortho intramolecular Hbond substituents is 1. The standard InChI is InChI=1S/C19H22N2O5S2/c1-12(17(25)20-9-4-2-3-8-16(23)24)21-18(26)15(28-19(21)27)11-13-6-5-7-14(22)10-13/h5-7,10-12,22H,2-4,8-9H2,1H3,(H,20,25)(H,23,24)/b15-11-. The van der Waals surface area contributed by atoms with Crippen molar-refractivity contribution in [2.75, 3.05) is 6.54 Å². The predicted octanol–water partition coefficient (Wildman–Crippen LogP) is 2.74. The maximum Gasteiger partial charge on any atom is 0.303 e. The van der Waals surface area contributed by atoms with Crippen LogP contribution in [0.4, 0.5) is 0 Å². The van der Waals surface area contributed by atoms with Gasteiger partial charge in [-0.25, -0.2) is 0 Å². The summed E-state index contributed by atoms with van der Waals surface area (Å²) in [6.45, 7) is 2.03. The minimum absolute atomic E-state index is 0.0975. The van der Waals surface area contributed by atoms with Gasteiger partial charge in [-0.3, -0.25) is 19.3 Å². The van der Waals surface area contributed by atoms with Crippen LogP contribution in [0.15, 0.2) is 29.2 Å². The first kappa shape index (κ1) is 21.9. The lowest BCUT2D eigenvalue weighted by Gasteiger charge is -2.22. The van der Waals surface area contributed by atoms with Crippen molar-refractivity contribution in [1.82, 2.24) is 10.2 Å². The second-order valence-corrected chi connectivity index (χ2v) is 7.99. The number of thioether (sulfide) groups is 1. The summed E-state index contributed by atoms with van der Waals surface area (Å²) in [6, 6.07) is 5.76. The minimum atomic E-state index is -0.828. The van der Waals surface area contributed by atoms with Gasteiger partial charge < -0.3 is 15.5 Å². The van der Waals surface area contributed by atoms with Crippen molar-refractivity contribution < 1.29 is 24.6 Å². The van der Waals surface area contributed by atoms with Gasteiger partial charge in [0.05, 0.1) is 4.91 Å². The van der Waals surface area contributed by atoms with Crippen LogP contribution >= 0.6 is 24.0 Å². The fraction of sp³-hybridized carbons (Fsp3) is 0.368. The highest BCUT2D eigenvalue weighted by Gasteiger charge is 2.38. The van der Waals surface area contributed by atoms with E-state index >= 15 is 0 Å². The summed E-state index contributed by atoms with van der Waals surface area (Å²) in [5.74, 6) is -1.39. The molecule has 0 spiro atoms. The number of carbonyl (C=O) groups is 3. The molecule has 2 amide bonds. The Morgan fingerprint density at radius 1 is 1.32 bits per heavy atom. The predicted molar refractivity (Wildman–Crippen MR) is 112 cm³/mol. The summed E-state index contributed by atoms with van der Waals surface area (Å²) in [7, 11) is 0. The SMILES string of the molecule is CC(C(=O)NCCCCCC(=O)O)N1C(=O)/C(=C/c2cccc(O)c2)SC1=S. The van der Waals surface area contributed by atoms with Gasteiger partial charge in [-0.05, 0) is 43.5 Å². The van der Waals surface area contributed by atoms with Crippen molar-refractivity contribution in [3.63, 3.8) is 0 Å². The second-order valence-electron chi connectivity index (χ2n) is 6.32. The van der Waals surface area contributed by atoms with Crippen LogP contribution in [0.1, 0.15) is 38.2 Å². The summed E-state index contributed by atoms with van der Waals surface area (Å²) in [4.78, 5) is 37.2. The molecule has 0 aliphatic carbocycles. The summed E-state index contributed by atoms with van der Waals surface area (Å²) in [5, 5.41) is 20.9. The van der Waals surface area contributed by atoms with Crippen LogP contribution in [0.25, 0.3) is 6.08 Å². The van der Waals surface area contributed by atoms with Crippen LogP contribution in [0.2, 0.25) is 0 Å². The molecule has 2 rings (SSSR count). The van der Waals surface area contributed by atoms with E-state index in [1.54, 1.807) is 25.1 Å². The molecule has 9 heteroatoms. The molecule has 1 aromatic carbocycles. The zero-order chi connectivity index (χ0) is 20.7. The molecule has 7 nitrogen and oxygen atoms in total. The Hall–Kier alpha value is -2.39. The third kappa shape index (κ3) is 6.07. The Labute approximate surface area is 172 Å². The molecule has 1 aromatic rings. The smallest absolute Gasteiger partial charge is 0.303 e. The molecule has 0 aromatic heterocycles. The summed E-state index contributed by atoms with van der Waals surface area (Å²) in [5.41, 5.74) is 0.666. The van der Waals surface area contributed by atoms with Crippen molar-refractivity contribution in [3.05, 3.63) is 34.7 Å². The lowest BCUT2D eigenvalue weighted by atomic mass is 10.2. The Morgan fingerprint density at radius 3 is 2.75 bits per heavy atom. The lowest BCUT2D eigenvalue weighted by Crippen LogP contribution is -2.47. The number of nitrogens with one attached hydrogen (secondary N) is 1. The minimum Gasteiger partial charge on any atom is -0.508 e. The Morgan fingerprint density at radius 2 is 2.07 bits per heavy atom. The first-order chi connectivity index (χ1) is 13.3. The molecule has 0 bridgehead atoms. The quantitative estimate of drug-likeness (QED) is 0.319. The number of nitrogens with zero attached hydrogens (tertiary/aromatic N) is 1. The van der Waals surface area contributed by atoms with E-state index in [-0.39, 0.29) is 24.0 Å². The highest BCUT2D eigenvalue weighted by atomic mass is 32.2. The number of hydrogen-bond donors (Lipinski definition) is 3. The molecule has 1 unspecified atom stereocenters. The average molecular weight is 423 g/mol. The lowest BCUT2D eigenvalue weighted by molar-refractivity contribution is -0.137. The molecular formula is C19H22N2O5S2. The van der Waals surface area contributed by atoms with Gasteiger partial charge in [0.15, 0.2) is 0 Å². The molecule has 3 N–H and O–H groups in total. The molecule has 1 heterocycles. The highest BCUT2D eigenvalue weighted by molar-refractivity contribution is 8.26. The maximum absolute atomic E-state index is 12.7. The number of hydrogen-bond acceptors (Lipinski definition) is 6. The van der Waals surface area contributed by atoms with E-state index in [2.05, 4.69) is 5.32 Å². The van der Waals surface area contributed by atoms with Crippen molar-refractivity contribution >= 4 is 52.2 Å². The topological polar surface area (TPSA) is 107 Å². The Bertz CT molecular complexity index is 809. The Kier molecular flexibility index (Phi) is 8.01. The largest absolute Gasteiger partial charge is 0.508 e. The average Bonchev–Trinajstić information content (AvgIpc) is 2.90. The molecule has 1 atom stereocenters. The van der Waals surface area contributed by atoms with Gasteiger partial charge in [-0.2, -0.15) is 0 Å². The van der Waals surface area contributed by atoms with Gasteiger partial charge >= 0.3 is 5.97 Å². The van der Waals surface area contributed by atoms with Crippen molar-refractivity contribution in [1.29, 1.82) is 0 Å². The third-order valence-electron chi connectivity index (χ3n) is 4.12. The van der Waals surface area contributed by atoms with Gasteiger partial charge in [0.25, 0.3) is 5.91 Å². The molecule has 0 radical (unpaired) electrons. The molecule has 150 valence electrons. The zero-order valence-electron chi connectivity index (χ0n) is 15.4. The number of amides is 2. The van der Waals surface area contributed by atoms with E-state index in [0.29, 0.717) is 40.6 Å². The maximum atomic E-state index is 12.7. The number of unbranched alkanes of at least 4 members (excludes halogenated alkanes) is 2. The van der Waals surface area contributed by atoms with Crippen LogP contribution < -0.4 is 5.32 Å². The number of aromatic hydroxyl groups is 1. The number of carbonyl (C=O) groups excluding carboxylic acids is 2. The van der Waals surface area contributed by atoms with Gasteiger partial charge in [0.2, 0.25) is 5.91 Å². The number of benzene rings is 1. The number of carboxylic acid groups (broad SMARTS) is 1. The summed E-state index contributed by atoms with van der Waals surface area (Å²) < 4.78 is 0.306. The van der Waals surface area contributed by atoms with Gasteiger partial charge in [0, 0.05) is 13.0 Å². The second kappa shape index (κ2) is 10.2. The van der Waals surface area contributed by atoms with Crippen LogP contribution in [0.3, 0.4) is 0 Å². The van der Waals surface area contributed by atoms with E-state index in [4.69, 9.17) is 17.3 Å². The van der Waals surface area contributed by atoms with Crippen LogP contribution in [-0.4, -0.2) is 49.8 Å². The fourth-order valence-corrected chi connectivity index (χ4v) is 4.05. The first-order valence-corrected chi connectivity index (χ1v) is 10.1. The van der Waals surface area contributed by atoms with Gasteiger partial charge in [-0.1, -0.05) is 42.5 Å². The van der Waals surface area contributed by atoms with E-state index in [0.717, 1.165) is 11.8 Å². The molecule has 1 fully saturated rings. The van der Waals surface area contributed by atoms with E-state index in [9.17, 15) is 19.5 Å². The van der Waals surface area contributed by atoms with Crippen LogP contribution in [0.5, 0.6) is 5.75 Å². The number of phenols is 1. The monoisotopic (exact) mass is 422 g/mol. The van der Waals surface area contributed by atoms with Gasteiger partial charge in [-0.15, -0.1) is 0 Å². The molecular weight excluding hydrogens is 400 g/mol. The molecule has 0 saturated carbocycles. The normalized spacial score (nSPS) is 16.5. The van der Waals surface area contributed by atoms with Crippen LogP contribution in [-0.2, 0) is 14.4 Å². The van der Waals surface area contributed by atoms with E-state index < -0.39 is 12.0 Å². The van der Waals surface area contributed by atoms with E-state index in [1.807, 2.05) is 0 Å². The summed E-state index contributed by atoms with van der Waals surface area (Å²) in [6.07, 6.45) is 3.68. The number of rotatable bonds is 9. The number of aliphatic carboxylic acids is 1. The van der Waals surface area contributed by atoms with Crippen molar-refractivity contribution in [3.8, 4) is 5.75 Å². The van der Waals surface area contributed by atoms with E-state index in [1.165, 1.54) is 17.0 Å².